The minimum atomic E-state index is -0.910. The van der Waals surface area contributed by atoms with Crippen LogP contribution >= 0.6 is 0 Å². The number of rotatable bonds is 8. The van der Waals surface area contributed by atoms with E-state index in [4.69, 9.17) is 24.2 Å². The summed E-state index contributed by atoms with van der Waals surface area (Å²) in [6.07, 6.45) is 4.24. The van der Waals surface area contributed by atoms with Crippen LogP contribution in [0.25, 0.3) is 22.2 Å². The molecule has 52 heavy (non-hydrogen) atoms. The van der Waals surface area contributed by atoms with Gasteiger partial charge in [-0.25, -0.2) is 13.6 Å². The first-order chi connectivity index (χ1) is 25.0. The van der Waals surface area contributed by atoms with Gasteiger partial charge in [-0.05, 0) is 77.1 Å². The molecule has 12 heteroatoms. The summed E-state index contributed by atoms with van der Waals surface area (Å²) in [7, 11) is 0. The van der Waals surface area contributed by atoms with Crippen molar-refractivity contribution >= 4 is 22.8 Å². The summed E-state index contributed by atoms with van der Waals surface area (Å²) in [6, 6.07) is 15.3. The largest absolute Gasteiger partial charge is 0.488 e. The minimum absolute atomic E-state index is 0.0364. The number of amides is 1. The number of hydrogen-bond acceptors (Lipinski definition) is 9. The zero-order valence-electron chi connectivity index (χ0n) is 30.3. The number of hydrogen-bond donors (Lipinski definition) is 0. The maximum Gasteiger partial charge on any atom is 0.410 e. The zero-order chi connectivity index (χ0) is 36.2. The highest BCUT2D eigenvalue weighted by molar-refractivity contribution is 5.93. The van der Waals surface area contributed by atoms with Crippen LogP contribution in [0.1, 0.15) is 64.0 Å². The zero-order valence-corrected chi connectivity index (χ0v) is 30.3. The van der Waals surface area contributed by atoms with Crippen molar-refractivity contribution in [2.75, 3.05) is 37.7 Å². The van der Waals surface area contributed by atoms with Crippen LogP contribution in [0.3, 0.4) is 0 Å². The number of ether oxygens (including phenoxy) is 3. The Morgan fingerprint density at radius 3 is 2.52 bits per heavy atom. The van der Waals surface area contributed by atoms with E-state index < -0.39 is 23.1 Å². The highest BCUT2D eigenvalue weighted by Crippen LogP contribution is 2.42. The fourth-order valence-electron chi connectivity index (χ4n) is 8.64. The van der Waals surface area contributed by atoms with Crippen molar-refractivity contribution in [3.8, 4) is 23.0 Å². The molecule has 0 aliphatic carbocycles. The molecule has 1 amide bonds. The Kier molecular flexibility index (Phi) is 8.92. The number of piperazine rings is 1. The normalized spacial score (nSPS) is 24.4. The van der Waals surface area contributed by atoms with Crippen LogP contribution in [-0.4, -0.2) is 93.0 Å². The number of pyridine rings is 1. The first-order valence-electron chi connectivity index (χ1n) is 18.4. The number of benzene rings is 2. The molecule has 4 aromatic rings. The van der Waals surface area contributed by atoms with E-state index in [2.05, 4.69) is 14.8 Å². The van der Waals surface area contributed by atoms with Gasteiger partial charge in [-0.3, -0.25) is 14.8 Å². The van der Waals surface area contributed by atoms with Crippen molar-refractivity contribution < 1.29 is 27.8 Å². The standard InChI is InChI=1S/C40H46F2N6O4/c1-25-10-8-13-31(50-23-26-11-6-5-7-12-26)32(25)35-33(42)34-30(19-43-35)36(45-37(44-34)51-24-40-16-9-17-47(40)20-27(41)18-40)46-21-28-14-15-29(22-46)48(28)38(49)52-39(2,3)4/h5-8,10-13,19,27-29H,9,14-18,20-24H2,1-4H3/t27-,28?,29?,40?/m1/s1. The van der Waals surface area contributed by atoms with Crippen LogP contribution in [0.2, 0.25) is 0 Å². The lowest BCUT2D eigenvalue weighted by Gasteiger charge is -2.42. The Hall–Kier alpha value is -4.58. The van der Waals surface area contributed by atoms with Gasteiger partial charge in [0.2, 0.25) is 0 Å². The lowest BCUT2D eigenvalue weighted by molar-refractivity contribution is 0.0122. The molecule has 0 N–H and O–H groups in total. The fraction of sp³-hybridized carbons (Fsp3) is 0.500. The van der Waals surface area contributed by atoms with Gasteiger partial charge < -0.3 is 19.1 Å². The van der Waals surface area contributed by atoms with Crippen LogP contribution in [-0.2, 0) is 11.3 Å². The Balaban J connectivity index is 1.17. The van der Waals surface area contributed by atoms with E-state index in [-0.39, 0.29) is 42.0 Å². The lowest BCUT2D eigenvalue weighted by atomic mass is 9.95. The predicted molar refractivity (Wildman–Crippen MR) is 194 cm³/mol. The van der Waals surface area contributed by atoms with Crippen molar-refractivity contribution in [1.29, 1.82) is 0 Å². The van der Waals surface area contributed by atoms with Crippen LogP contribution in [0.5, 0.6) is 11.8 Å². The molecule has 2 aromatic heterocycles. The van der Waals surface area contributed by atoms with Crippen molar-refractivity contribution in [3.05, 3.63) is 71.7 Å². The molecule has 0 saturated carbocycles. The topological polar surface area (TPSA) is 93.2 Å². The van der Waals surface area contributed by atoms with Gasteiger partial charge in [0.05, 0.1) is 23.0 Å². The van der Waals surface area contributed by atoms with Crippen molar-refractivity contribution in [2.24, 2.45) is 0 Å². The Bertz CT molecular complexity index is 1960. The molecule has 0 spiro atoms. The first kappa shape index (κ1) is 34.5. The number of anilines is 1. The van der Waals surface area contributed by atoms with E-state index in [9.17, 15) is 9.18 Å². The monoisotopic (exact) mass is 712 g/mol. The summed E-state index contributed by atoms with van der Waals surface area (Å²) >= 11 is 0. The predicted octanol–water partition coefficient (Wildman–Crippen LogP) is 7.26. The summed E-state index contributed by atoms with van der Waals surface area (Å²) in [5.74, 6) is 0.405. The SMILES string of the molecule is Cc1cccc(OCc2ccccc2)c1-c1ncc2c(N3CC4CCC(C3)N4C(=O)OC(C)(C)C)nc(OCC34CCCN3C[C@H](F)C4)nc2c1F. The molecule has 10 nitrogen and oxygen atoms in total. The molecule has 8 rings (SSSR count). The van der Waals surface area contributed by atoms with Crippen molar-refractivity contribution in [1.82, 2.24) is 24.8 Å². The van der Waals surface area contributed by atoms with Gasteiger partial charge in [0.25, 0.3) is 0 Å². The number of nitrogens with zero attached hydrogens (tertiary/aromatic N) is 6. The third-order valence-corrected chi connectivity index (χ3v) is 11.0. The van der Waals surface area contributed by atoms with Gasteiger partial charge in [0, 0.05) is 37.8 Å². The van der Waals surface area contributed by atoms with Gasteiger partial charge in [-0.1, -0.05) is 42.5 Å². The molecule has 2 aromatic carbocycles. The quantitative estimate of drug-likeness (QED) is 0.187. The van der Waals surface area contributed by atoms with Crippen LogP contribution in [0.15, 0.2) is 54.7 Å². The number of aryl methyl sites for hydroxylation is 1. The highest BCUT2D eigenvalue weighted by atomic mass is 19.1. The van der Waals surface area contributed by atoms with Crippen molar-refractivity contribution in [2.45, 2.75) is 95.8 Å². The molecule has 4 atom stereocenters. The molecule has 4 fully saturated rings. The van der Waals surface area contributed by atoms with Gasteiger partial charge in [0.15, 0.2) is 5.82 Å². The minimum Gasteiger partial charge on any atom is -0.488 e. The first-order valence-corrected chi connectivity index (χ1v) is 18.4. The molecular weight excluding hydrogens is 666 g/mol. The Morgan fingerprint density at radius 1 is 1.00 bits per heavy atom. The van der Waals surface area contributed by atoms with Gasteiger partial charge in [0.1, 0.15) is 47.8 Å². The summed E-state index contributed by atoms with van der Waals surface area (Å²) < 4.78 is 50.1. The Labute approximate surface area is 303 Å². The molecule has 4 aliphatic rings. The van der Waals surface area contributed by atoms with E-state index in [1.165, 1.54) is 0 Å². The van der Waals surface area contributed by atoms with E-state index in [0.717, 1.165) is 43.4 Å². The molecule has 3 unspecified atom stereocenters. The second-order valence-electron chi connectivity index (χ2n) is 15.8. The van der Waals surface area contributed by atoms with Crippen LogP contribution < -0.4 is 14.4 Å². The maximum atomic E-state index is 17.1. The lowest BCUT2D eigenvalue weighted by Crippen LogP contribution is -2.57. The van der Waals surface area contributed by atoms with E-state index in [1.54, 1.807) is 6.20 Å². The molecule has 274 valence electrons. The number of carbonyl (C=O) groups is 1. The molecule has 2 bridgehead atoms. The van der Waals surface area contributed by atoms with Crippen LogP contribution in [0.4, 0.5) is 19.4 Å². The fourth-order valence-corrected chi connectivity index (χ4v) is 8.64. The summed E-state index contributed by atoms with van der Waals surface area (Å²) in [4.78, 5) is 33.7. The van der Waals surface area contributed by atoms with E-state index in [1.807, 2.05) is 81.1 Å². The number of halogens is 2. The highest BCUT2D eigenvalue weighted by Gasteiger charge is 2.50. The number of aromatic nitrogens is 3. The number of fused-ring (bicyclic) bond motifs is 4. The smallest absolute Gasteiger partial charge is 0.410 e. The second-order valence-corrected chi connectivity index (χ2v) is 15.8. The summed E-state index contributed by atoms with van der Waals surface area (Å²) in [6.45, 7) is 10.2. The van der Waals surface area contributed by atoms with Gasteiger partial charge >= 0.3 is 12.1 Å². The van der Waals surface area contributed by atoms with Gasteiger partial charge in [-0.2, -0.15) is 9.97 Å². The van der Waals surface area contributed by atoms with E-state index in [0.29, 0.717) is 55.2 Å². The van der Waals surface area contributed by atoms with Crippen molar-refractivity contribution in [3.63, 3.8) is 0 Å². The second kappa shape index (κ2) is 13.4. The Morgan fingerprint density at radius 2 is 1.77 bits per heavy atom. The summed E-state index contributed by atoms with van der Waals surface area (Å²) in [5.41, 5.74) is 1.51. The molecule has 4 aliphatic heterocycles. The third kappa shape index (κ3) is 6.50. The molecular formula is C40H46F2N6O4. The average molecular weight is 713 g/mol. The number of carbonyl (C=O) groups excluding carboxylic acids is 1. The third-order valence-electron chi connectivity index (χ3n) is 11.0. The van der Waals surface area contributed by atoms with Gasteiger partial charge in [-0.15, -0.1) is 0 Å². The molecule has 4 saturated heterocycles. The number of alkyl halides is 1. The molecule has 6 heterocycles. The van der Waals surface area contributed by atoms with E-state index >= 15 is 4.39 Å². The average Bonchev–Trinajstić information content (AvgIpc) is 3.73. The molecule has 0 radical (unpaired) electrons. The van der Waals surface area contributed by atoms with Crippen LogP contribution in [0, 0.1) is 12.7 Å². The maximum absolute atomic E-state index is 17.1. The summed E-state index contributed by atoms with van der Waals surface area (Å²) in [5, 5.41) is 0.449.